The summed E-state index contributed by atoms with van der Waals surface area (Å²) >= 11 is 0. The number of nitrogens with one attached hydrogen (secondary N) is 2. The van der Waals surface area contributed by atoms with Crippen molar-refractivity contribution in [3.8, 4) is 5.75 Å². The Balaban J connectivity index is 1.55. The van der Waals surface area contributed by atoms with E-state index in [1.54, 1.807) is 31.2 Å². The lowest BCUT2D eigenvalue weighted by atomic mass is 9.99. The highest BCUT2D eigenvalue weighted by molar-refractivity contribution is 7.89. The van der Waals surface area contributed by atoms with Crippen molar-refractivity contribution in [2.24, 2.45) is 5.92 Å². The van der Waals surface area contributed by atoms with Crippen molar-refractivity contribution in [3.63, 3.8) is 0 Å². The first kappa shape index (κ1) is 26.1. The molecule has 9 nitrogen and oxygen atoms in total. The Labute approximate surface area is 201 Å². The molecule has 2 aromatic carbocycles. The van der Waals surface area contributed by atoms with Crippen molar-refractivity contribution in [1.82, 2.24) is 14.3 Å². The highest BCUT2D eigenvalue weighted by atomic mass is 32.2. The topological polar surface area (TPSA) is 122 Å². The molecule has 1 fully saturated rings. The third-order valence-corrected chi connectivity index (χ3v) is 9.14. The zero-order valence-electron chi connectivity index (χ0n) is 19.6. The quantitative estimate of drug-likeness (QED) is 0.497. The molecule has 0 aliphatic carbocycles. The molecule has 0 spiro atoms. The summed E-state index contributed by atoms with van der Waals surface area (Å²) in [4.78, 5) is 13.0. The zero-order valence-corrected chi connectivity index (χ0v) is 21.2. The smallest absolute Gasteiger partial charge is 0.243 e. The van der Waals surface area contributed by atoms with E-state index >= 15 is 0 Å². The molecule has 1 atom stereocenters. The Morgan fingerprint density at radius 2 is 1.71 bits per heavy atom. The number of aryl methyl sites for hydroxylation is 2. The predicted octanol–water partition coefficient (Wildman–Crippen LogP) is 1.81. The number of carbonyl (C=O) groups excluding carboxylic acids is 1. The van der Waals surface area contributed by atoms with E-state index in [1.165, 1.54) is 29.6 Å². The monoisotopic (exact) mass is 509 g/mol. The van der Waals surface area contributed by atoms with Gasteiger partial charge in [0.1, 0.15) is 5.75 Å². The Bertz CT molecular complexity index is 1230. The molecule has 186 valence electrons. The van der Waals surface area contributed by atoms with Crippen molar-refractivity contribution in [2.45, 2.75) is 36.5 Å². The van der Waals surface area contributed by atoms with Gasteiger partial charge in [-0.2, -0.15) is 4.31 Å². The number of carbonyl (C=O) groups is 1. The van der Waals surface area contributed by atoms with E-state index in [1.807, 2.05) is 6.92 Å². The first-order valence-electron chi connectivity index (χ1n) is 11.0. The zero-order chi connectivity index (χ0) is 24.9. The molecular weight excluding hydrogens is 478 g/mol. The van der Waals surface area contributed by atoms with Crippen molar-refractivity contribution in [1.29, 1.82) is 0 Å². The fourth-order valence-electron chi connectivity index (χ4n) is 3.85. The molecule has 3 rings (SSSR count). The molecule has 1 amide bonds. The summed E-state index contributed by atoms with van der Waals surface area (Å²) in [6, 6.07) is 11.2. The van der Waals surface area contributed by atoms with Crippen LogP contribution in [0.25, 0.3) is 0 Å². The van der Waals surface area contributed by atoms with E-state index < -0.39 is 26.0 Å². The largest absolute Gasteiger partial charge is 0.496 e. The van der Waals surface area contributed by atoms with Gasteiger partial charge in [-0.15, -0.1) is 0 Å². The molecule has 1 saturated heterocycles. The van der Waals surface area contributed by atoms with Crippen LogP contribution < -0.4 is 14.8 Å². The lowest BCUT2D eigenvalue weighted by molar-refractivity contribution is -0.126. The molecule has 0 aromatic heterocycles. The van der Waals surface area contributed by atoms with Crippen LogP contribution in [0.1, 0.15) is 24.0 Å². The van der Waals surface area contributed by atoms with Gasteiger partial charge < -0.3 is 10.1 Å². The molecule has 34 heavy (non-hydrogen) atoms. The van der Waals surface area contributed by atoms with E-state index in [0.717, 1.165) is 5.56 Å². The molecule has 11 heteroatoms. The summed E-state index contributed by atoms with van der Waals surface area (Å²) in [5, 5.41) is 2.72. The third kappa shape index (κ3) is 6.15. The number of piperidine rings is 1. The van der Waals surface area contributed by atoms with Crippen LogP contribution in [-0.4, -0.2) is 60.3 Å². The fourth-order valence-corrected chi connectivity index (χ4v) is 6.49. The maximum Gasteiger partial charge on any atom is 0.243 e. The normalized spacial score (nSPS) is 17.3. The van der Waals surface area contributed by atoms with E-state index in [-0.39, 0.29) is 35.3 Å². The minimum absolute atomic E-state index is 0.0296. The first-order valence-corrected chi connectivity index (χ1v) is 14.0. The summed E-state index contributed by atoms with van der Waals surface area (Å²) in [6.07, 6.45) is 1.13. The number of sulfonamides is 2. The molecule has 1 aliphatic heterocycles. The van der Waals surface area contributed by atoms with E-state index in [4.69, 9.17) is 4.74 Å². The van der Waals surface area contributed by atoms with Crippen LogP contribution in [0.3, 0.4) is 0 Å². The number of methoxy groups -OCH3 is 1. The van der Waals surface area contributed by atoms with Crippen LogP contribution in [0.4, 0.5) is 0 Å². The number of ether oxygens (including phenoxy) is 1. The van der Waals surface area contributed by atoms with Gasteiger partial charge in [-0.3, -0.25) is 4.79 Å². The van der Waals surface area contributed by atoms with Gasteiger partial charge in [0.2, 0.25) is 26.0 Å². The van der Waals surface area contributed by atoms with Crippen molar-refractivity contribution >= 4 is 26.0 Å². The second-order valence-corrected chi connectivity index (χ2v) is 12.0. The number of nitrogens with zero attached hydrogens (tertiary/aromatic N) is 1. The standard InChI is InChI=1S/C23H31N3O6S2/c1-17-6-8-20(9-7-17)33(28,29)25-13-12-24-23(27)19-5-4-14-26(16-19)34(30,31)21-10-11-22(32-3)18(2)15-21/h6-11,15,19,25H,4-5,12-14,16H2,1-3H3,(H,24,27). The maximum absolute atomic E-state index is 13.1. The minimum atomic E-state index is -3.75. The molecule has 2 aromatic rings. The van der Waals surface area contributed by atoms with Crippen LogP contribution in [0.2, 0.25) is 0 Å². The highest BCUT2D eigenvalue weighted by Crippen LogP contribution is 2.27. The average Bonchev–Trinajstić information content (AvgIpc) is 2.82. The van der Waals surface area contributed by atoms with Gasteiger partial charge in [-0.05, 0) is 62.6 Å². The van der Waals surface area contributed by atoms with E-state index in [2.05, 4.69) is 10.0 Å². The molecule has 0 saturated carbocycles. The lowest BCUT2D eigenvalue weighted by Crippen LogP contribution is -2.46. The van der Waals surface area contributed by atoms with Gasteiger partial charge in [0, 0.05) is 26.2 Å². The van der Waals surface area contributed by atoms with Gasteiger partial charge in [0.15, 0.2) is 0 Å². The van der Waals surface area contributed by atoms with Crippen molar-refractivity contribution in [3.05, 3.63) is 53.6 Å². The number of hydrogen-bond acceptors (Lipinski definition) is 6. The van der Waals surface area contributed by atoms with Crippen molar-refractivity contribution < 1.29 is 26.4 Å². The molecule has 0 bridgehead atoms. The molecule has 1 unspecified atom stereocenters. The fraction of sp³-hybridized carbons (Fsp3) is 0.435. The van der Waals surface area contributed by atoms with Gasteiger partial charge in [0.25, 0.3) is 0 Å². The predicted molar refractivity (Wildman–Crippen MR) is 129 cm³/mol. The summed E-state index contributed by atoms with van der Waals surface area (Å²) in [5.74, 6) is -0.190. The Morgan fingerprint density at radius 1 is 1.03 bits per heavy atom. The van der Waals surface area contributed by atoms with E-state index in [9.17, 15) is 21.6 Å². The Morgan fingerprint density at radius 3 is 2.35 bits per heavy atom. The van der Waals surface area contributed by atoms with Crippen LogP contribution in [0.5, 0.6) is 5.75 Å². The lowest BCUT2D eigenvalue weighted by Gasteiger charge is -2.31. The molecule has 0 radical (unpaired) electrons. The molecule has 1 heterocycles. The Kier molecular flexibility index (Phi) is 8.34. The van der Waals surface area contributed by atoms with E-state index in [0.29, 0.717) is 30.7 Å². The number of rotatable bonds is 9. The third-order valence-electron chi connectivity index (χ3n) is 5.81. The minimum Gasteiger partial charge on any atom is -0.496 e. The second-order valence-electron chi connectivity index (χ2n) is 8.34. The van der Waals surface area contributed by atoms with Gasteiger partial charge in [-0.25, -0.2) is 21.6 Å². The van der Waals surface area contributed by atoms with Gasteiger partial charge in [-0.1, -0.05) is 17.7 Å². The van der Waals surface area contributed by atoms with Crippen LogP contribution in [0, 0.1) is 19.8 Å². The summed E-state index contributed by atoms with van der Waals surface area (Å²) < 4.78 is 59.9. The van der Waals surface area contributed by atoms with Gasteiger partial charge >= 0.3 is 0 Å². The summed E-state index contributed by atoms with van der Waals surface area (Å²) in [5.41, 5.74) is 1.67. The first-order chi connectivity index (χ1) is 16.0. The highest BCUT2D eigenvalue weighted by Gasteiger charge is 2.33. The number of hydrogen-bond donors (Lipinski definition) is 2. The van der Waals surface area contributed by atoms with Crippen LogP contribution >= 0.6 is 0 Å². The number of amides is 1. The second kappa shape index (κ2) is 10.9. The maximum atomic E-state index is 13.1. The summed E-state index contributed by atoms with van der Waals surface area (Å²) in [7, 11) is -5.89. The SMILES string of the molecule is COc1ccc(S(=O)(=O)N2CCCC(C(=O)NCCNS(=O)(=O)c3ccc(C)cc3)C2)cc1C. The molecule has 1 aliphatic rings. The molecular formula is C23H31N3O6S2. The summed E-state index contributed by atoms with van der Waals surface area (Å²) in [6.45, 7) is 4.20. The van der Waals surface area contributed by atoms with Gasteiger partial charge in [0.05, 0.1) is 22.8 Å². The Hall–Kier alpha value is -2.47. The van der Waals surface area contributed by atoms with Crippen LogP contribution in [-0.2, 0) is 24.8 Å². The average molecular weight is 510 g/mol. The van der Waals surface area contributed by atoms with Crippen molar-refractivity contribution in [2.75, 3.05) is 33.3 Å². The molecule has 2 N–H and O–H groups in total. The van der Waals surface area contributed by atoms with Crippen LogP contribution in [0.15, 0.2) is 52.3 Å². The number of benzene rings is 2.